The number of hydrogen-bond acceptors (Lipinski definition) is 4. The third kappa shape index (κ3) is 5.71. The Hall–Kier alpha value is -2.08. The number of rotatable bonds is 6. The second-order valence-electron chi connectivity index (χ2n) is 4.15. The maximum absolute atomic E-state index is 11.5. The van der Waals surface area contributed by atoms with Gasteiger partial charge in [-0.1, -0.05) is 11.6 Å². The Balaban J connectivity index is 2.56. The van der Waals surface area contributed by atoms with Gasteiger partial charge in [0.25, 0.3) is 0 Å². The molecular weight excluding hydrogens is 284 g/mol. The highest BCUT2D eigenvalue weighted by Crippen LogP contribution is 2.25. The van der Waals surface area contributed by atoms with E-state index in [4.69, 9.17) is 11.6 Å². The lowest BCUT2D eigenvalue weighted by atomic mass is 10.2. The summed E-state index contributed by atoms with van der Waals surface area (Å²) in [5.74, 6) is -1.74. The first-order valence-corrected chi connectivity index (χ1v) is 6.33. The summed E-state index contributed by atoms with van der Waals surface area (Å²) in [5.41, 5.74) is 0.927. The summed E-state index contributed by atoms with van der Waals surface area (Å²) < 4.78 is 0. The number of hydrogen-bond donors (Lipinski definition) is 2. The molecule has 0 unspecified atom stereocenters. The van der Waals surface area contributed by atoms with Gasteiger partial charge in [-0.3, -0.25) is 9.59 Å². The Morgan fingerprint density at radius 2 is 1.90 bits per heavy atom. The summed E-state index contributed by atoms with van der Waals surface area (Å²) in [5, 5.41) is 15.6. The molecule has 0 aliphatic carbocycles. The zero-order valence-electron chi connectivity index (χ0n) is 10.9. The van der Waals surface area contributed by atoms with Crippen LogP contribution in [0.2, 0.25) is 5.02 Å². The Morgan fingerprint density at radius 1 is 1.20 bits per heavy atom. The van der Waals surface area contributed by atoms with Crippen molar-refractivity contribution in [2.45, 2.75) is 26.2 Å². The van der Waals surface area contributed by atoms with Gasteiger partial charge >= 0.3 is 0 Å². The maximum atomic E-state index is 11.5. The average molecular weight is 298 g/mol. The standard InChI is InChI=1S/C13H15ClN2O4/c1-8(17)15-11-6-5-9(7-10(11)14)16-12(18)3-2-4-13(19)20/h5-7H,2-4H2,1H3,(H,15,17)(H,16,18)(H,19,20)/p-1. The van der Waals surface area contributed by atoms with Crippen molar-refractivity contribution in [3.8, 4) is 0 Å². The quantitative estimate of drug-likeness (QED) is 0.823. The SMILES string of the molecule is CC(=O)Nc1ccc(NC(=O)CCCC(=O)[O-])cc1Cl. The lowest BCUT2D eigenvalue weighted by Gasteiger charge is -2.09. The van der Waals surface area contributed by atoms with Gasteiger partial charge in [0, 0.05) is 25.0 Å². The number of carbonyl (C=O) groups excluding carboxylic acids is 3. The molecule has 0 radical (unpaired) electrons. The Morgan fingerprint density at radius 3 is 2.45 bits per heavy atom. The van der Waals surface area contributed by atoms with E-state index in [1.165, 1.54) is 13.0 Å². The van der Waals surface area contributed by atoms with Crippen molar-refractivity contribution in [1.82, 2.24) is 0 Å². The molecule has 6 nitrogen and oxygen atoms in total. The zero-order chi connectivity index (χ0) is 15.1. The normalized spacial score (nSPS) is 9.90. The fraction of sp³-hybridized carbons (Fsp3) is 0.308. The summed E-state index contributed by atoms with van der Waals surface area (Å²) >= 11 is 5.95. The first kappa shape index (κ1) is 16.0. The van der Waals surface area contributed by atoms with Crippen LogP contribution in [0.4, 0.5) is 11.4 Å². The predicted octanol–water partition coefficient (Wildman–Crippen LogP) is 1.16. The number of halogens is 1. The van der Waals surface area contributed by atoms with Crippen LogP contribution in [0.3, 0.4) is 0 Å². The van der Waals surface area contributed by atoms with Crippen molar-refractivity contribution in [2.24, 2.45) is 0 Å². The van der Waals surface area contributed by atoms with Gasteiger partial charge in [-0.2, -0.15) is 0 Å². The molecule has 0 fully saturated rings. The summed E-state index contributed by atoms with van der Waals surface area (Å²) in [6.45, 7) is 1.36. The van der Waals surface area contributed by atoms with E-state index in [2.05, 4.69) is 10.6 Å². The van der Waals surface area contributed by atoms with Crippen LogP contribution < -0.4 is 15.7 Å². The molecule has 1 rings (SSSR count). The Kier molecular flexibility index (Phi) is 5.99. The van der Waals surface area contributed by atoms with Crippen LogP contribution in [-0.2, 0) is 14.4 Å². The first-order chi connectivity index (χ1) is 9.38. The van der Waals surface area contributed by atoms with Crippen molar-refractivity contribution in [3.05, 3.63) is 23.2 Å². The van der Waals surface area contributed by atoms with Crippen molar-refractivity contribution < 1.29 is 19.5 Å². The monoisotopic (exact) mass is 297 g/mol. The average Bonchev–Trinajstić information content (AvgIpc) is 2.31. The second-order valence-corrected chi connectivity index (χ2v) is 4.56. The van der Waals surface area contributed by atoms with Crippen LogP contribution in [0, 0.1) is 0 Å². The molecule has 1 aromatic carbocycles. The van der Waals surface area contributed by atoms with Crippen molar-refractivity contribution >= 4 is 40.8 Å². The third-order valence-corrected chi connectivity index (χ3v) is 2.66. The lowest BCUT2D eigenvalue weighted by molar-refractivity contribution is -0.305. The molecule has 2 amide bonds. The summed E-state index contributed by atoms with van der Waals surface area (Å²) in [6, 6.07) is 4.66. The molecule has 0 aliphatic heterocycles. The van der Waals surface area contributed by atoms with Crippen LogP contribution in [0.15, 0.2) is 18.2 Å². The van der Waals surface area contributed by atoms with Crippen molar-refractivity contribution in [3.63, 3.8) is 0 Å². The molecular formula is C13H14ClN2O4-. The maximum Gasteiger partial charge on any atom is 0.224 e. The van der Waals surface area contributed by atoms with Crippen LogP contribution >= 0.6 is 11.6 Å². The molecule has 0 heterocycles. The number of carboxylic acids is 1. The van der Waals surface area contributed by atoms with Crippen LogP contribution in [-0.4, -0.2) is 17.8 Å². The topological polar surface area (TPSA) is 98.3 Å². The first-order valence-electron chi connectivity index (χ1n) is 5.95. The molecule has 0 aliphatic rings. The summed E-state index contributed by atoms with van der Waals surface area (Å²) in [7, 11) is 0. The van der Waals surface area contributed by atoms with E-state index in [-0.39, 0.29) is 31.1 Å². The lowest BCUT2D eigenvalue weighted by Crippen LogP contribution is -2.22. The van der Waals surface area contributed by atoms with Crippen LogP contribution in [0.25, 0.3) is 0 Å². The largest absolute Gasteiger partial charge is 0.550 e. The van der Waals surface area contributed by atoms with Crippen LogP contribution in [0.5, 0.6) is 0 Å². The number of nitrogens with one attached hydrogen (secondary N) is 2. The molecule has 0 spiro atoms. The molecule has 0 saturated heterocycles. The number of amides is 2. The van der Waals surface area contributed by atoms with Gasteiger partial charge in [-0.05, 0) is 31.0 Å². The highest BCUT2D eigenvalue weighted by atomic mass is 35.5. The van der Waals surface area contributed by atoms with E-state index in [1.807, 2.05) is 0 Å². The number of benzene rings is 1. The molecule has 0 saturated carbocycles. The van der Waals surface area contributed by atoms with Gasteiger partial charge < -0.3 is 20.5 Å². The summed E-state index contributed by atoms with van der Waals surface area (Å²) in [6.07, 6.45) is 0.139. The van der Waals surface area contributed by atoms with Gasteiger partial charge in [-0.15, -0.1) is 0 Å². The minimum atomic E-state index is -1.18. The fourth-order valence-electron chi connectivity index (χ4n) is 1.50. The molecule has 1 aromatic rings. The predicted molar refractivity (Wildman–Crippen MR) is 73.2 cm³/mol. The van der Waals surface area contributed by atoms with Crippen molar-refractivity contribution in [2.75, 3.05) is 10.6 Å². The van der Waals surface area contributed by atoms with Gasteiger partial charge in [0.1, 0.15) is 0 Å². The number of carboxylic acid groups (broad SMARTS) is 1. The zero-order valence-corrected chi connectivity index (χ0v) is 11.6. The molecule has 2 N–H and O–H groups in total. The Labute approximate surface area is 121 Å². The second kappa shape index (κ2) is 7.49. The molecule has 0 aromatic heterocycles. The number of aliphatic carboxylic acids is 1. The highest BCUT2D eigenvalue weighted by Gasteiger charge is 2.06. The van der Waals surface area contributed by atoms with E-state index in [0.717, 1.165) is 0 Å². The third-order valence-electron chi connectivity index (χ3n) is 2.35. The molecule has 0 atom stereocenters. The molecule has 108 valence electrons. The number of carbonyl (C=O) groups is 3. The minimum Gasteiger partial charge on any atom is -0.550 e. The Bertz CT molecular complexity index is 531. The summed E-state index contributed by atoms with van der Waals surface area (Å²) in [4.78, 5) is 32.7. The molecule has 20 heavy (non-hydrogen) atoms. The molecule has 7 heteroatoms. The highest BCUT2D eigenvalue weighted by molar-refractivity contribution is 6.34. The molecule has 0 bridgehead atoms. The van der Waals surface area contributed by atoms with Crippen LogP contribution in [0.1, 0.15) is 26.2 Å². The van der Waals surface area contributed by atoms with E-state index in [0.29, 0.717) is 16.4 Å². The van der Waals surface area contributed by atoms with Crippen molar-refractivity contribution in [1.29, 1.82) is 0 Å². The smallest absolute Gasteiger partial charge is 0.224 e. The van der Waals surface area contributed by atoms with Gasteiger partial charge in [0.2, 0.25) is 11.8 Å². The van der Waals surface area contributed by atoms with Gasteiger partial charge in [-0.25, -0.2) is 0 Å². The van der Waals surface area contributed by atoms with Gasteiger partial charge in [0.15, 0.2) is 0 Å². The van der Waals surface area contributed by atoms with E-state index >= 15 is 0 Å². The van der Waals surface area contributed by atoms with E-state index < -0.39 is 5.97 Å². The van der Waals surface area contributed by atoms with E-state index in [1.54, 1.807) is 12.1 Å². The minimum absolute atomic E-state index is 0.0824. The van der Waals surface area contributed by atoms with E-state index in [9.17, 15) is 19.5 Å². The number of anilines is 2. The van der Waals surface area contributed by atoms with Gasteiger partial charge in [0.05, 0.1) is 10.7 Å². The fourth-order valence-corrected chi connectivity index (χ4v) is 1.73.